The first-order chi connectivity index (χ1) is 20.8. The number of carboxylic acid groups (broad SMARTS) is 1. The monoisotopic (exact) mass is 574 g/mol. The molecule has 0 saturated carbocycles. The van der Waals surface area contributed by atoms with Crippen LogP contribution in [0.4, 0.5) is 5.82 Å². The average Bonchev–Trinajstić information content (AvgIpc) is 3.48. The van der Waals surface area contributed by atoms with E-state index in [0.717, 1.165) is 33.3 Å². The van der Waals surface area contributed by atoms with Gasteiger partial charge in [0.1, 0.15) is 11.4 Å². The summed E-state index contributed by atoms with van der Waals surface area (Å²) in [6.07, 6.45) is 6.85. The van der Waals surface area contributed by atoms with E-state index in [1.165, 1.54) is 6.21 Å². The molecule has 0 fully saturated rings. The quantitative estimate of drug-likeness (QED) is 0.167. The largest absolute Gasteiger partial charge is 0.481 e. The molecule has 43 heavy (non-hydrogen) atoms. The predicted molar refractivity (Wildman–Crippen MR) is 169 cm³/mol. The van der Waals surface area contributed by atoms with Gasteiger partial charge in [0.25, 0.3) is 0 Å². The number of aliphatic carboxylic acids is 1. The van der Waals surface area contributed by atoms with Gasteiger partial charge in [0.05, 0.1) is 18.9 Å². The van der Waals surface area contributed by atoms with Crippen molar-refractivity contribution in [1.82, 2.24) is 10.3 Å². The second-order valence-electron chi connectivity index (χ2n) is 10.8. The lowest BCUT2D eigenvalue weighted by atomic mass is 9.88. The molecule has 0 radical (unpaired) electrons. The summed E-state index contributed by atoms with van der Waals surface area (Å²) >= 11 is 0. The number of aromatic nitrogens is 1. The van der Waals surface area contributed by atoms with Crippen molar-refractivity contribution >= 4 is 40.5 Å². The molecule has 0 bridgehead atoms. The number of hydrogen-bond donors (Lipinski definition) is 3. The molecule has 8 heteroatoms. The molecule has 3 aromatic carbocycles. The standard InChI is InChI=1S/C35H34N4O4/c1-24-16-20-37-32(21-24)36-18-5-11-31(40)35(17-6-19-38-35)23-33(41)39-30(22-34(42)43)27-14-12-26(13-15-27)29-10-4-8-25-7-2-3-9-28(25)29/h2-4,6-10,12-17,19-21,30H,5,11,18,22-23H2,1H3,(H,36,37)(H,39,41)(H,42,43). The van der Waals surface area contributed by atoms with Gasteiger partial charge < -0.3 is 15.7 Å². The Hall–Kier alpha value is -5.11. The fourth-order valence-corrected chi connectivity index (χ4v) is 5.39. The van der Waals surface area contributed by atoms with Gasteiger partial charge in [0, 0.05) is 25.4 Å². The van der Waals surface area contributed by atoms with E-state index < -0.39 is 23.5 Å². The van der Waals surface area contributed by atoms with Crippen molar-refractivity contribution in [2.45, 2.75) is 44.2 Å². The number of pyridine rings is 1. The van der Waals surface area contributed by atoms with Gasteiger partial charge in [-0.25, -0.2) is 4.98 Å². The number of amides is 1. The molecule has 3 N–H and O–H groups in total. The number of anilines is 1. The van der Waals surface area contributed by atoms with Crippen LogP contribution in [0.5, 0.6) is 0 Å². The van der Waals surface area contributed by atoms with Crippen LogP contribution >= 0.6 is 0 Å². The third-order valence-corrected chi connectivity index (χ3v) is 7.61. The molecule has 0 saturated heterocycles. The normalized spacial score (nSPS) is 16.2. The van der Waals surface area contributed by atoms with Crippen molar-refractivity contribution in [2.75, 3.05) is 11.9 Å². The second kappa shape index (κ2) is 13.2. The zero-order valence-corrected chi connectivity index (χ0v) is 24.0. The molecule has 2 unspecified atom stereocenters. The van der Waals surface area contributed by atoms with E-state index >= 15 is 0 Å². The zero-order chi connectivity index (χ0) is 30.2. The molecule has 1 aliphatic heterocycles. The molecule has 8 nitrogen and oxygen atoms in total. The van der Waals surface area contributed by atoms with Crippen LogP contribution in [0.25, 0.3) is 21.9 Å². The van der Waals surface area contributed by atoms with Crippen molar-refractivity contribution in [3.63, 3.8) is 0 Å². The smallest absolute Gasteiger partial charge is 0.305 e. The predicted octanol–water partition coefficient (Wildman–Crippen LogP) is 6.07. The second-order valence-corrected chi connectivity index (χ2v) is 10.8. The summed E-state index contributed by atoms with van der Waals surface area (Å²) in [6, 6.07) is 24.9. The Labute approximate surface area is 250 Å². The SMILES string of the molecule is Cc1ccnc(NCCCC(=O)C2(CC(=O)NC(CC(=O)O)c3ccc(-c4cccc5ccccc45)cc3)C=CC=N2)c1. The van der Waals surface area contributed by atoms with Gasteiger partial charge in [-0.3, -0.25) is 19.4 Å². The summed E-state index contributed by atoms with van der Waals surface area (Å²) in [5.74, 6) is -0.900. The fourth-order valence-electron chi connectivity index (χ4n) is 5.39. The maximum Gasteiger partial charge on any atom is 0.305 e. The van der Waals surface area contributed by atoms with Gasteiger partial charge in [-0.05, 0) is 70.7 Å². The topological polar surface area (TPSA) is 121 Å². The molecule has 1 aromatic heterocycles. The van der Waals surface area contributed by atoms with Crippen molar-refractivity contribution < 1.29 is 19.5 Å². The number of nitrogens with zero attached hydrogens (tertiary/aromatic N) is 2. The number of allylic oxidation sites excluding steroid dienone is 1. The van der Waals surface area contributed by atoms with Gasteiger partial charge in [-0.1, -0.05) is 66.7 Å². The number of carboxylic acids is 1. The van der Waals surface area contributed by atoms with Crippen LogP contribution < -0.4 is 10.6 Å². The van der Waals surface area contributed by atoms with E-state index in [4.69, 9.17) is 0 Å². The van der Waals surface area contributed by atoms with Crippen molar-refractivity contribution in [3.8, 4) is 11.1 Å². The highest BCUT2D eigenvalue weighted by atomic mass is 16.4. The molecule has 218 valence electrons. The lowest BCUT2D eigenvalue weighted by molar-refractivity contribution is -0.138. The van der Waals surface area contributed by atoms with Gasteiger partial charge in [-0.15, -0.1) is 0 Å². The molecule has 5 rings (SSSR count). The van der Waals surface area contributed by atoms with Crippen molar-refractivity contribution in [2.24, 2.45) is 4.99 Å². The average molecular weight is 575 g/mol. The van der Waals surface area contributed by atoms with E-state index in [2.05, 4.69) is 44.9 Å². The van der Waals surface area contributed by atoms with Crippen LogP contribution in [-0.2, 0) is 14.4 Å². The summed E-state index contributed by atoms with van der Waals surface area (Å²) in [5.41, 5.74) is 2.52. The highest BCUT2D eigenvalue weighted by molar-refractivity contribution is 6.00. The van der Waals surface area contributed by atoms with Crippen molar-refractivity contribution in [3.05, 3.63) is 108 Å². The maximum atomic E-state index is 13.3. The Bertz CT molecular complexity index is 1680. The highest BCUT2D eigenvalue weighted by Gasteiger charge is 2.38. The number of Topliss-reactive ketones (excluding diaryl/α,β-unsaturated/α-hetero) is 1. The number of ketones is 1. The number of aryl methyl sites for hydroxylation is 1. The molecule has 2 atom stereocenters. The van der Waals surface area contributed by atoms with Crippen LogP contribution in [0.15, 0.2) is 102 Å². The highest BCUT2D eigenvalue weighted by Crippen LogP contribution is 2.31. The van der Waals surface area contributed by atoms with Crippen LogP contribution in [0.2, 0.25) is 0 Å². The van der Waals surface area contributed by atoms with Crippen LogP contribution in [-0.4, -0.2) is 46.0 Å². The Morgan fingerprint density at radius 3 is 2.51 bits per heavy atom. The number of aliphatic imine (C=N–C) groups is 1. The molecule has 2 heterocycles. The number of nitrogens with one attached hydrogen (secondary N) is 2. The molecule has 1 amide bonds. The van der Waals surface area contributed by atoms with E-state index in [1.807, 2.05) is 61.5 Å². The van der Waals surface area contributed by atoms with Crippen molar-refractivity contribution in [1.29, 1.82) is 0 Å². The van der Waals surface area contributed by atoms with Gasteiger partial charge in [0.15, 0.2) is 5.78 Å². The number of benzene rings is 3. The summed E-state index contributed by atoms with van der Waals surface area (Å²) in [4.78, 5) is 46.9. The third-order valence-electron chi connectivity index (χ3n) is 7.61. The number of rotatable bonds is 13. The molecule has 4 aromatic rings. The summed E-state index contributed by atoms with van der Waals surface area (Å²) in [6.45, 7) is 2.53. The first kappa shape index (κ1) is 29.4. The summed E-state index contributed by atoms with van der Waals surface area (Å²) < 4.78 is 0. The van der Waals surface area contributed by atoms with Crippen LogP contribution in [0.1, 0.15) is 42.9 Å². The van der Waals surface area contributed by atoms with Gasteiger partial charge in [0.2, 0.25) is 5.91 Å². The van der Waals surface area contributed by atoms with E-state index in [-0.39, 0.29) is 25.0 Å². The number of fused-ring (bicyclic) bond motifs is 1. The Morgan fingerprint density at radius 2 is 1.77 bits per heavy atom. The third kappa shape index (κ3) is 7.22. The number of carbonyl (C=O) groups is 3. The number of carbonyl (C=O) groups excluding carboxylic acids is 2. The number of hydrogen-bond acceptors (Lipinski definition) is 6. The lowest BCUT2D eigenvalue weighted by Gasteiger charge is -2.24. The Morgan fingerprint density at radius 1 is 0.977 bits per heavy atom. The zero-order valence-electron chi connectivity index (χ0n) is 24.0. The molecule has 1 aliphatic rings. The molecule has 0 aliphatic carbocycles. The minimum absolute atomic E-state index is 0.166. The Balaban J connectivity index is 1.24. The minimum atomic E-state index is -1.29. The summed E-state index contributed by atoms with van der Waals surface area (Å²) in [7, 11) is 0. The van der Waals surface area contributed by atoms with Gasteiger partial charge >= 0.3 is 5.97 Å². The first-order valence-electron chi connectivity index (χ1n) is 14.4. The lowest BCUT2D eigenvalue weighted by Crippen LogP contribution is -2.41. The Kier molecular flexibility index (Phi) is 9.05. The summed E-state index contributed by atoms with van der Waals surface area (Å²) in [5, 5.41) is 17.9. The fraction of sp³-hybridized carbons (Fsp3) is 0.229. The van der Waals surface area contributed by atoms with E-state index in [0.29, 0.717) is 18.5 Å². The van der Waals surface area contributed by atoms with E-state index in [1.54, 1.807) is 18.3 Å². The van der Waals surface area contributed by atoms with Gasteiger partial charge in [-0.2, -0.15) is 0 Å². The molecular formula is C35H34N4O4. The minimum Gasteiger partial charge on any atom is -0.481 e. The van der Waals surface area contributed by atoms with Crippen LogP contribution in [0, 0.1) is 6.92 Å². The van der Waals surface area contributed by atoms with Crippen LogP contribution in [0.3, 0.4) is 0 Å². The first-order valence-corrected chi connectivity index (χ1v) is 14.4. The maximum absolute atomic E-state index is 13.3. The molecule has 0 spiro atoms. The molecular weight excluding hydrogens is 540 g/mol. The van der Waals surface area contributed by atoms with E-state index in [9.17, 15) is 19.5 Å².